The molecule has 3 heteroatoms. The number of aldehydes is 1. The molecule has 0 saturated carbocycles. The lowest BCUT2D eigenvalue weighted by molar-refractivity contribution is 0.112. The first-order valence-corrected chi connectivity index (χ1v) is 7.68. The second-order valence-corrected chi connectivity index (χ2v) is 5.79. The minimum absolute atomic E-state index is 0.691. The number of carbonyl (C=O) groups is 1. The molecule has 110 valence electrons. The summed E-state index contributed by atoms with van der Waals surface area (Å²) < 4.78 is 5.68. The predicted molar refractivity (Wildman–Crippen MR) is 81.4 cm³/mol. The molecular weight excluding hydrogens is 250 g/mol. The van der Waals surface area contributed by atoms with Crippen LogP contribution in [0.4, 0.5) is 0 Å². The van der Waals surface area contributed by atoms with Crippen LogP contribution in [0.15, 0.2) is 24.3 Å². The molecule has 1 aromatic rings. The van der Waals surface area contributed by atoms with E-state index in [2.05, 4.69) is 11.8 Å². The summed E-state index contributed by atoms with van der Waals surface area (Å²) in [5.74, 6) is 1.71. The lowest BCUT2D eigenvalue weighted by Gasteiger charge is -2.30. The first-order valence-electron chi connectivity index (χ1n) is 7.68. The van der Waals surface area contributed by atoms with E-state index in [1.54, 1.807) is 12.1 Å². The van der Waals surface area contributed by atoms with E-state index in [0.29, 0.717) is 5.56 Å². The lowest BCUT2D eigenvalue weighted by atomic mass is 10.0. The normalized spacial score (nSPS) is 19.8. The molecule has 20 heavy (non-hydrogen) atoms. The van der Waals surface area contributed by atoms with Gasteiger partial charge in [-0.2, -0.15) is 0 Å². The molecule has 1 saturated heterocycles. The van der Waals surface area contributed by atoms with Crippen molar-refractivity contribution in [3.05, 3.63) is 29.8 Å². The SMILES string of the molecule is CC1CCCN(CCCCOc2ccc(C=O)cc2)C1. The summed E-state index contributed by atoms with van der Waals surface area (Å²) in [5, 5.41) is 0. The molecule has 1 unspecified atom stereocenters. The lowest BCUT2D eigenvalue weighted by Crippen LogP contribution is -2.35. The van der Waals surface area contributed by atoms with Crippen molar-refractivity contribution in [3.63, 3.8) is 0 Å². The largest absolute Gasteiger partial charge is 0.494 e. The molecule has 0 amide bonds. The second-order valence-electron chi connectivity index (χ2n) is 5.79. The fraction of sp³-hybridized carbons (Fsp3) is 0.588. The van der Waals surface area contributed by atoms with Crippen molar-refractivity contribution in [2.24, 2.45) is 5.92 Å². The highest BCUT2D eigenvalue weighted by Gasteiger charge is 2.15. The van der Waals surface area contributed by atoms with Crippen molar-refractivity contribution in [2.45, 2.75) is 32.6 Å². The maximum absolute atomic E-state index is 10.5. The van der Waals surface area contributed by atoms with Gasteiger partial charge in [-0.3, -0.25) is 4.79 Å². The molecule has 0 radical (unpaired) electrons. The van der Waals surface area contributed by atoms with E-state index in [1.165, 1.54) is 38.9 Å². The first kappa shape index (κ1) is 15.0. The molecule has 0 aliphatic carbocycles. The molecule has 0 aromatic heterocycles. The summed E-state index contributed by atoms with van der Waals surface area (Å²) in [6, 6.07) is 7.29. The van der Waals surface area contributed by atoms with Crippen molar-refractivity contribution >= 4 is 6.29 Å². The second kappa shape index (κ2) is 8.05. The van der Waals surface area contributed by atoms with Crippen LogP contribution >= 0.6 is 0 Å². The number of hydrogen-bond acceptors (Lipinski definition) is 3. The highest BCUT2D eigenvalue weighted by molar-refractivity contribution is 5.74. The Morgan fingerprint density at radius 2 is 2.10 bits per heavy atom. The smallest absolute Gasteiger partial charge is 0.150 e. The average molecular weight is 275 g/mol. The van der Waals surface area contributed by atoms with Gasteiger partial charge in [0.15, 0.2) is 0 Å². The summed E-state index contributed by atoms with van der Waals surface area (Å²) in [7, 11) is 0. The highest BCUT2D eigenvalue weighted by Crippen LogP contribution is 2.16. The quantitative estimate of drug-likeness (QED) is 0.564. The van der Waals surface area contributed by atoms with Crippen molar-refractivity contribution in [2.75, 3.05) is 26.2 Å². The van der Waals surface area contributed by atoms with Crippen LogP contribution < -0.4 is 4.74 Å². The van der Waals surface area contributed by atoms with E-state index in [4.69, 9.17) is 4.74 Å². The summed E-state index contributed by atoms with van der Waals surface area (Å²) in [6.45, 7) is 6.81. The van der Waals surface area contributed by atoms with Crippen LogP contribution in [0.1, 0.15) is 43.0 Å². The van der Waals surface area contributed by atoms with Crippen molar-refractivity contribution in [1.82, 2.24) is 4.90 Å². The van der Waals surface area contributed by atoms with Gasteiger partial charge in [0.1, 0.15) is 12.0 Å². The Balaban J connectivity index is 1.57. The number of hydrogen-bond donors (Lipinski definition) is 0. The number of unbranched alkanes of at least 4 members (excludes halogenated alkanes) is 1. The Labute approximate surface area is 121 Å². The molecule has 0 spiro atoms. The Hall–Kier alpha value is -1.35. The van der Waals surface area contributed by atoms with Gasteiger partial charge in [0, 0.05) is 12.1 Å². The monoisotopic (exact) mass is 275 g/mol. The van der Waals surface area contributed by atoms with Crippen LogP contribution in [0, 0.1) is 5.92 Å². The van der Waals surface area contributed by atoms with Crippen LogP contribution in [-0.4, -0.2) is 37.4 Å². The van der Waals surface area contributed by atoms with E-state index in [0.717, 1.165) is 31.0 Å². The first-order chi connectivity index (χ1) is 9.78. The third kappa shape index (κ3) is 4.97. The zero-order chi connectivity index (χ0) is 14.2. The third-order valence-corrected chi connectivity index (χ3v) is 3.89. The van der Waals surface area contributed by atoms with Crippen molar-refractivity contribution < 1.29 is 9.53 Å². The Kier molecular flexibility index (Phi) is 6.06. The minimum atomic E-state index is 0.691. The Bertz CT molecular complexity index is 402. The molecule has 2 rings (SSSR count). The number of benzene rings is 1. The van der Waals surface area contributed by atoms with E-state index in [-0.39, 0.29) is 0 Å². The van der Waals surface area contributed by atoms with Crippen LogP contribution in [0.2, 0.25) is 0 Å². The zero-order valence-corrected chi connectivity index (χ0v) is 12.4. The maximum Gasteiger partial charge on any atom is 0.150 e. The minimum Gasteiger partial charge on any atom is -0.494 e. The number of carbonyl (C=O) groups excluding carboxylic acids is 1. The summed E-state index contributed by atoms with van der Waals surface area (Å²) in [6.07, 6.45) is 5.86. The molecule has 3 nitrogen and oxygen atoms in total. The van der Waals surface area contributed by atoms with Gasteiger partial charge in [0.2, 0.25) is 0 Å². The molecule has 1 aliphatic rings. The number of nitrogens with zero attached hydrogens (tertiary/aromatic N) is 1. The Morgan fingerprint density at radius 1 is 1.30 bits per heavy atom. The molecule has 1 aromatic carbocycles. The van der Waals surface area contributed by atoms with Gasteiger partial charge in [0.05, 0.1) is 6.61 Å². The molecule has 1 aliphatic heterocycles. The summed E-state index contributed by atoms with van der Waals surface area (Å²) in [4.78, 5) is 13.1. The molecular formula is C17H25NO2. The van der Waals surface area contributed by atoms with E-state index in [9.17, 15) is 4.79 Å². The molecule has 1 fully saturated rings. The van der Waals surface area contributed by atoms with Gasteiger partial charge >= 0.3 is 0 Å². The highest BCUT2D eigenvalue weighted by atomic mass is 16.5. The molecule has 1 heterocycles. The van der Waals surface area contributed by atoms with E-state index >= 15 is 0 Å². The van der Waals surface area contributed by atoms with Gasteiger partial charge in [-0.1, -0.05) is 6.92 Å². The fourth-order valence-corrected chi connectivity index (χ4v) is 2.76. The topological polar surface area (TPSA) is 29.5 Å². The van der Waals surface area contributed by atoms with Crippen molar-refractivity contribution in [1.29, 1.82) is 0 Å². The van der Waals surface area contributed by atoms with Crippen LogP contribution in [0.25, 0.3) is 0 Å². The van der Waals surface area contributed by atoms with Crippen LogP contribution in [0.5, 0.6) is 5.75 Å². The molecule has 0 bridgehead atoms. The predicted octanol–water partition coefficient (Wildman–Crippen LogP) is 3.39. The molecule has 0 N–H and O–H groups in total. The van der Waals surface area contributed by atoms with Gasteiger partial charge in [0.25, 0.3) is 0 Å². The molecule has 1 atom stereocenters. The van der Waals surface area contributed by atoms with Crippen molar-refractivity contribution in [3.8, 4) is 5.75 Å². The van der Waals surface area contributed by atoms with Gasteiger partial charge < -0.3 is 9.64 Å². The number of likely N-dealkylation sites (tertiary alicyclic amines) is 1. The van der Waals surface area contributed by atoms with Crippen LogP contribution in [0.3, 0.4) is 0 Å². The number of ether oxygens (including phenoxy) is 1. The third-order valence-electron chi connectivity index (χ3n) is 3.89. The fourth-order valence-electron chi connectivity index (χ4n) is 2.76. The van der Waals surface area contributed by atoms with E-state index in [1.807, 2.05) is 12.1 Å². The standard InChI is InChI=1S/C17H25NO2/c1-15-5-4-11-18(13-15)10-2-3-12-20-17-8-6-16(14-19)7-9-17/h6-9,14-15H,2-5,10-13H2,1H3. The zero-order valence-electron chi connectivity index (χ0n) is 12.4. The summed E-state index contributed by atoms with van der Waals surface area (Å²) >= 11 is 0. The maximum atomic E-state index is 10.5. The number of rotatable bonds is 7. The van der Waals surface area contributed by atoms with Crippen LogP contribution in [-0.2, 0) is 0 Å². The average Bonchev–Trinajstić information content (AvgIpc) is 2.48. The van der Waals surface area contributed by atoms with E-state index < -0.39 is 0 Å². The summed E-state index contributed by atoms with van der Waals surface area (Å²) in [5.41, 5.74) is 0.691. The van der Waals surface area contributed by atoms with Gasteiger partial charge in [-0.25, -0.2) is 0 Å². The van der Waals surface area contributed by atoms with Gasteiger partial charge in [-0.05, 0) is 69.0 Å². The van der Waals surface area contributed by atoms with Gasteiger partial charge in [-0.15, -0.1) is 0 Å². The Morgan fingerprint density at radius 3 is 2.80 bits per heavy atom. The number of piperidine rings is 1.